The third kappa shape index (κ3) is 7.49. The molecular weight excluding hydrogens is 696 g/mol. The van der Waals surface area contributed by atoms with E-state index in [2.05, 4.69) is 4.98 Å². The third-order valence-electron chi connectivity index (χ3n) is 7.87. The number of aromatic nitrogens is 1. The highest BCUT2D eigenvalue weighted by molar-refractivity contribution is 5.80. The summed E-state index contributed by atoms with van der Waals surface area (Å²) in [7, 11) is 0. The molecular formula is C32H25F14NO2. The molecule has 49 heavy (non-hydrogen) atoms. The number of hydrogen-bond donors (Lipinski definition) is 0. The Morgan fingerprint density at radius 3 is 1.94 bits per heavy atom. The Hall–Kier alpha value is -3.92. The summed E-state index contributed by atoms with van der Waals surface area (Å²) in [5, 5.41) is 0. The number of fused-ring (bicyclic) bond motifs is 1. The van der Waals surface area contributed by atoms with Crippen molar-refractivity contribution in [2.75, 3.05) is 0 Å². The zero-order chi connectivity index (χ0) is 36.9. The SMILES string of the molecule is CC(C)c1nc2c(c(-c3ccc(F)cc3)c1C(F)c1ccc(C(F)(F)F)cc1)C(OC(=O)C(F)(F)C(F)(F)CC(F)(F)C(F)(F)F)CCC2. The molecule has 0 bridgehead atoms. The van der Waals surface area contributed by atoms with E-state index in [1.165, 1.54) is 0 Å². The fourth-order valence-corrected chi connectivity index (χ4v) is 5.41. The number of carbonyl (C=O) groups is 1. The van der Waals surface area contributed by atoms with E-state index in [0.717, 1.165) is 36.4 Å². The average Bonchev–Trinajstić information content (AvgIpc) is 2.98. The highest BCUT2D eigenvalue weighted by atomic mass is 19.4. The van der Waals surface area contributed by atoms with Gasteiger partial charge in [-0.15, -0.1) is 0 Å². The first-order chi connectivity index (χ1) is 22.4. The molecule has 0 amide bonds. The predicted octanol–water partition coefficient (Wildman–Crippen LogP) is 10.9. The van der Waals surface area contributed by atoms with Gasteiger partial charge in [-0.1, -0.05) is 38.1 Å². The van der Waals surface area contributed by atoms with Crippen LogP contribution in [0.3, 0.4) is 0 Å². The molecule has 4 rings (SSSR count). The summed E-state index contributed by atoms with van der Waals surface area (Å²) in [6.07, 6.45) is -19.9. The molecule has 1 aliphatic rings. The van der Waals surface area contributed by atoms with Gasteiger partial charge in [0.1, 0.15) is 11.9 Å². The second kappa shape index (κ2) is 13.1. The Bertz CT molecular complexity index is 1660. The van der Waals surface area contributed by atoms with Crippen LogP contribution in [-0.4, -0.2) is 34.9 Å². The van der Waals surface area contributed by atoms with E-state index in [0.29, 0.717) is 12.1 Å². The Labute approximate surface area is 269 Å². The number of aryl methyl sites for hydroxylation is 1. The van der Waals surface area contributed by atoms with Gasteiger partial charge in [0.2, 0.25) is 0 Å². The summed E-state index contributed by atoms with van der Waals surface area (Å²) in [4.78, 5) is 17.0. The molecule has 0 N–H and O–H groups in total. The lowest BCUT2D eigenvalue weighted by molar-refractivity contribution is -0.319. The number of ether oxygens (including phenoxy) is 1. The Balaban J connectivity index is 1.89. The molecule has 2 atom stereocenters. The fourth-order valence-electron chi connectivity index (χ4n) is 5.41. The standard InChI is InChI=1S/C32H25F14NO2/c1-15(2)26-24(25(34)17-6-10-18(11-7-17)31(41,42)43)22(16-8-12-19(33)13-9-16)23-20(47-26)4-3-5-21(23)49-27(48)30(39,40)28(35,36)14-29(37,38)32(44,45)46/h6-13,15,21,25H,3-5,14H2,1-2H3. The van der Waals surface area contributed by atoms with Gasteiger partial charge in [0.05, 0.1) is 17.7 Å². The van der Waals surface area contributed by atoms with Crippen LogP contribution in [0.25, 0.3) is 11.1 Å². The Morgan fingerprint density at radius 2 is 1.43 bits per heavy atom. The van der Waals surface area contributed by atoms with Crippen LogP contribution >= 0.6 is 0 Å². The second-order valence-corrected chi connectivity index (χ2v) is 11.7. The zero-order valence-corrected chi connectivity index (χ0v) is 25.2. The van der Waals surface area contributed by atoms with Crippen molar-refractivity contribution in [1.82, 2.24) is 4.98 Å². The highest BCUT2D eigenvalue weighted by Crippen LogP contribution is 2.51. The molecule has 3 aromatic rings. The van der Waals surface area contributed by atoms with Gasteiger partial charge in [0, 0.05) is 16.8 Å². The van der Waals surface area contributed by atoms with Gasteiger partial charge in [0.25, 0.3) is 0 Å². The number of benzene rings is 2. The molecule has 1 aromatic heterocycles. The number of nitrogens with zero attached hydrogens (tertiary/aromatic N) is 1. The van der Waals surface area contributed by atoms with Crippen molar-refractivity contribution in [1.29, 1.82) is 0 Å². The number of halogens is 14. The number of alkyl halides is 13. The van der Waals surface area contributed by atoms with Gasteiger partial charge in [-0.25, -0.2) is 13.6 Å². The summed E-state index contributed by atoms with van der Waals surface area (Å²) < 4.78 is 197. The van der Waals surface area contributed by atoms with Crippen LogP contribution in [0.15, 0.2) is 48.5 Å². The Kier molecular flexibility index (Phi) is 10.1. The quantitative estimate of drug-likeness (QED) is 0.163. The molecule has 268 valence electrons. The molecule has 0 spiro atoms. The van der Waals surface area contributed by atoms with Crippen LogP contribution in [0.5, 0.6) is 0 Å². The fraction of sp³-hybridized carbons (Fsp3) is 0.438. The van der Waals surface area contributed by atoms with Gasteiger partial charge in [-0.05, 0) is 66.1 Å². The summed E-state index contributed by atoms with van der Waals surface area (Å²) in [6, 6.07) is 6.86. The van der Waals surface area contributed by atoms with E-state index in [9.17, 15) is 61.9 Å². The largest absolute Gasteiger partial charge is 0.453 e. The maximum absolute atomic E-state index is 16.6. The van der Waals surface area contributed by atoms with E-state index in [1.54, 1.807) is 13.8 Å². The maximum Gasteiger partial charge on any atom is 0.453 e. The first kappa shape index (κ1) is 37.9. The lowest BCUT2D eigenvalue weighted by Crippen LogP contribution is -2.53. The van der Waals surface area contributed by atoms with Gasteiger partial charge in [0.15, 0.2) is 6.17 Å². The van der Waals surface area contributed by atoms with Crippen molar-refractivity contribution in [3.8, 4) is 11.1 Å². The maximum atomic E-state index is 16.6. The molecule has 0 radical (unpaired) electrons. The van der Waals surface area contributed by atoms with E-state index >= 15 is 4.39 Å². The summed E-state index contributed by atoms with van der Waals surface area (Å²) in [5.41, 5.74) is -2.48. The van der Waals surface area contributed by atoms with Crippen LogP contribution in [0.2, 0.25) is 0 Å². The monoisotopic (exact) mass is 721 g/mol. The van der Waals surface area contributed by atoms with Gasteiger partial charge in [-0.3, -0.25) is 4.98 Å². The van der Waals surface area contributed by atoms with Crippen molar-refractivity contribution >= 4 is 5.97 Å². The lowest BCUT2D eigenvalue weighted by atomic mass is 9.80. The van der Waals surface area contributed by atoms with Crippen molar-refractivity contribution in [2.45, 2.75) is 87.8 Å². The smallest absolute Gasteiger partial charge is 0.453 e. The first-order valence-corrected chi connectivity index (χ1v) is 14.4. The average molecular weight is 722 g/mol. The molecule has 1 aliphatic carbocycles. The van der Waals surface area contributed by atoms with Crippen LogP contribution in [0.1, 0.15) is 84.9 Å². The zero-order valence-electron chi connectivity index (χ0n) is 25.2. The topological polar surface area (TPSA) is 39.2 Å². The molecule has 0 aliphatic heterocycles. The van der Waals surface area contributed by atoms with Crippen molar-refractivity contribution in [3.63, 3.8) is 0 Å². The van der Waals surface area contributed by atoms with Crippen molar-refractivity contribution in [3.05, 3.63) is 88.0 Å². The third-order valence-corrected chi connectivity index (χ3v) is 7.87. The number of pyridine rings is 1. The summed E-state index contributed by atoms with van der Waals surface area (Å²) in [6.45, 7) is 3.12. The van der Waals surface area contributed by atoms with E-state index < -0.39 is 78.5 Å². The van der Waals surface area contributed by atoms with E-state index in [1.807, 2.05) is 0 Å². The van der Waals surface area contributed by atoms with Crippen LogP contribution in [-0.2, 0) is 22.1 Å². The van der Waals surface area contributed by atoms with Gasteiger partial charge < -0.3 is 4.74 Å². The highest BCUT2D eigenvalue weighted by Gasteiger charge is 2.71. The number of hydrogen-bond acceptors (Lipinski definition) is 3. The van der Waals surface area contributed by atoms with E-state index in [-0.39, 0.29) is 52.0 Å². The number of rotatable bonds is 9. The van der Waals surface area contributed by atoms with Gasteiger partial charge >= 0.3 is 36.1 Å². The second-order valence-electron chi connectivity index (χ2n) is 11.7. The van der Waals surface area contributed by atoms with Crippen LogP contribution in [0, 0.1) is 5.82 Å². The lowest BCUT2D eigenvalue weighted by Gasteiger charge is -2.34. The summed E-state index contributed by atoms with van der Waals surface area (Å²) >= 11 is 0. The molecule has 2 aromatic carbocycles. The molecule has 1 heterocycles. The molecule has 0 saturated carbocycles. The molecule has 3 nitrogen and oxygen atoms in total. The number of carbonyl (C=O) groups excluding carboxylic acids is 1. The van der Waals surface area contributed by atoms with Crippen molar-refractivity contribution < 1.29 is 71.0 Å². The molecule has 0 saturated heterocycles. The number of esters is 1. The van der Waals surface area contributed by atoms with Crippen LogP contribution < -0.4 is 0 Å². The Morgan fingerprint density at radius 1 is 0.857 bits per heavy atom. The predicted molar refractivity (Wildman–Crippen MR) is 145 cm³/mol. The normalized spacial score (nSPS) is 16.8. The van der Waals surface area contributed by atoms with Crippen LogP contribution in [0.4, 0.5) is 61.5 Å². The minimum atomic E-state index is -6.66. The van der Waals surface area contributed by atoms with E-state index in [4.69, 9.17) is 4.74 Å². The van der Waals surface area contributed by atoms with Crippen molar-refractivity contribution in [2.24, 2.45) is 0 Å². The van der Waals surface area contributed by atoms with Gasteiger partial charge in [-0.2, -0.15) is 52.7 Å². The molecule has 2 unspecified atom stereocenters. The molecule has 17 heteroatoms. The summed E-state index contributed by atoms with van der Waals surface area (Å²) in [5.74, 6) is -23.4. The minimum absolute atomic E-state index is 0.00342. The first-order valence-electron chi connectivity index (χ1n) is 14.4. The minimum Gasteiger partial charge on any atom is -0.453 e. The molecule has 0 fully saturated rings.